The van der Waals surface area contributed by atoms with Crippen molar-refractivity contribution in [1.82, 2.24) is 9.78 Å². The Bertz CT molecular complexity index is 459. The van der Waals surface area contributed by atoms with Gasteiger partial charge in [0.2, 0.25) is 0 Å². The van der Waals surface area contributed by atoms with Gasteiger partial charge in [0.25, 0.3) is 0 Å². The molecule has 0 fully saturated rings. The van der Waals surface area contributed by atoms with Gasteiger partial charge < -0.3 is 10.5 Å². The van der Waals surface area contributed by atoms with E-state index in [9.17, 15) is 4.39 Å². The number of anilines is 1. The van der Waals surface area contributed by atoms with Crippen LogP contribution in [0.1, 0.15) is 5.69 Å². The van der Waals surface area contributed by atoms with Crippen molar-refractivity contribution in [2.75, 3.05) is 5.73 Å². The van der Waals surface area contributed by atoms with E-state index < -0.39 is 0 Å². The number of aromatic nitrogens is 2. The first-order valence-corrected chi connectivity index (χ1v) is 4.81. The molecule has 0 aliphatic heterocycles. The molecular formula is C11H12FN3O. The summed E-state index contributed by atoms with van der Waals surface area (Å²) in [6.45, 7) is 0.313. The van der Waals surface area contributed by atoms with Gasteiger partial charge >= 0.3 is 0 Å². The lowest BCUT2D eigenvalue weighted by molar-refractivity contribution is 0.295. The highest BCUT2D eigenvalue weighted by molar-refractivity contribution is 5.40. The van der Waals surface area contributed by atoms with E-state index in [4.69, 9.17) is 10.5 Å². The summed E-state index contributed by atoms with van der Waals surface area (Å²) < 4.78 is 19.8. The van der Waals surface area contributed by atoms with Crippen LogP contribution in [0.25, 0.3) is 0 Å². The second-order valence-corrected chi connectivity index (χ2v) is 3.41. The number of halogens is 1. The minimum Gasteiger partial charge on any atom is -0.487 e. The van der Waals surface area contributed by atoms with Crippen LogP contribution in [-0.4, -0.2) is 9.78 Å². The van der Waals surface area contributed by atoms with Crippen LogP contribution >= 0.6 is 0 Å². The van der Waals surface area contributed by atoms with Crippen molar-refractivity contribution in [2.24, 2.45) is 7.05 Å². The molecule has 0 amide bonds. The van der Waals surface area contributed by atoms with E-state index in [2.05, 4.69) is 5.10 Å². The summed E-state index contributed by atoms with van der Waals surface area (Å²) in [4.78, 5) is 0. The third kappa shape index (κ3) is 2.13. The summed E-state index contributed by atoms with van der Waals surface area (Å²) in [6.07, 6.45) is 1.57. The van der Waals surface area contributed by atoms with Crippen LogP contribution < -0.4 is 10.5 Å². The van der Waals surface area contributed by atoms with Gasteiger partial charge in [0.15, 0.2) is 0 Å². The molecular weight excluding hydrogens is 209 g/mol. The second kappa shape index (κ2) is 4.22. The Morgan fingerprint density at radius 2 is 2.06 bits per heavy atom. The molecule has 5 heteroatoms. The maximum Gasteiger partial charge on any atom is 0.132 e. The van der Waals surface area contributed by atoms with Crippen LogP contribution in [0.4, 0.5) is 10.1 Å². The van der Waals surface area contributed by atoms with E-state index in [1.807, 2.05) is 0 Å². The van der Waals surface area contributed by atoms with Crippen LogP contribution in [0.2, 0.25) is 0 Å². The van der Waals surface area contributed by atoms with Gasteiger partial charge in [-0.3, -0.25) is 4.68 Å². The van der Waals surface area contributed by atoms with Crippen molar-refractivity contribution in [3.8, 4) is 5.75 Å². The third-order valence-electron chi connectivity index (χ3n) is 2.28. The normalized spacial score (nSPS) is 10.4. The predicted molar refractivity (Wildman–Crippen MR) is 58.4 cm³/mol. The van der Waals surface area contributed by atoms with E-state index in [0.29, 0.717) is 18.0 Å². The SMILES string of the molecule is Cn1ncc(N)c1COc1ccc(F)cc1. The van der Waals surface area contributed by atoms with Crippen LogP contribution in [0.3, 0.4) is 0 Å². The molecule has 1 aromatic carbocycles. The van der Waals surface area contributed by atoms with Gasteiger partial charge in [-0.1, -0.05) is 0 Å². The highest BCUT2D eigenvalue weighted by Crippen LogP contribution is 2.15. The van der Waals surface area contributed by atoms with E-state index in [0.717, 1.165) is 5.69 Å². The number of aryl methyl sites for hydroxylation is 1. The van der Waals surface area contributed by atoms with E-state index in [-0.39, 0.29) is 5.82 Å². The van der Waals surface area contributed by atoms with Crippen molar-refractivity contribution < 1.29 is 9.13 Å². The summed E-state index contributed by atoms with van der Waals surface area (Å²) >= 11 is 0. The number of nitrogens with zero attached hydrogens (tertiary/aromatic N) is 2. The molecule has 16 heavy (non-hydrogen) atoms. The lowest BCUT2D eigenvalue weighted by Crippen LogP contribution is -2.05. The molecule has 0 aliphatic rings. The lowest BCUT2D eigenvalue weighted by atomic mass is 10.3. The molecule has 0 unspecified atom stereocenters. The average molecular weight is 221 g/mol. The van der Waals surface area contributed by atoms with Gasteiger partial charge in [-0.05, 0) is 24.3 Å². The fourth-order valence-electron chi connectivity index (χ4n) is 1.34. The zero-order valence-electron chi connectivity index (χ0n) is 8.85. The highest BCUT2D eigenvalue weighted by Gasteiger charge is 2.05. The molecule has 2 N–H and O–H groups in total. The monoisotopic (exact) mass is 221 g/mol. The van der Waals surface area contributed by atoms with Gasteiger partial charge in [0, 0.05) is 7.05 Å². The Hall–Kier alpha value is -2.04. The highest BCUT2D eigenvalue weighted by atomic mass is 19.1. The number of nitrogens with two attached hydrogens (primary N) is 1. The van der Waals surface area contributed by atoms with E-state index >= 15 is 0 Å². The van der Waals surface area contributed by atoms with E-state index in [1.165, 1.54) is 12.1 Å². The Balaban J connectivity index is 2.05. The van der Waals surface area contributed by atoms with Crippen molar-refractivity contribution >= 4 is 5.69 Å². The Labute approximate surface area is 92.4 Å². The maximum absolute atomic E-state index is 12.6. The number of benzene rings is 1. The van der Waals surface area contributed by atoms with Crippen molar-refractivity contribution in [3.05, 3.63) is 42.0 Å². The summed E-state index contributed by atoms with van der Waals surface area (Å²) in [7, 11) is 1.79. The smallest absolute Gasteiger partial charge is 0.132 e. The van der Waals surface area contributed by atoms with Crippen molar-refractivity contribution in [2.45, 2.75) is 6.61 Å². The first kappa shape index (κ1) is 10.5. The first-order valence-electron chi connectivity index (χ1n) is 4.81. The number of rotatable bonds is 3. The average Bonchev–Trinajstić information content (AvgIpc) is 2.59. The minimum absolute atomic E-state index is 0.285. The summed E-state index contributed by atoms with van der Waals surface area (Å²) in [6, 6.07) is 5.84. The first-order chi connectivity index (χ1) is 7.66. The number of nitrogen functional groups attached to an aromatic ring is 1. The fourth-order valence-corrected chi connectivity index (χ4v) is 1.34. The molecule has 84 valence electrons. The van der Waals surface area contributed by atoms with Gasteiger partial charge in [0.1, 0.15) is 18.2 Å². The zero-order chi connectivity index (χ0) is 11.5. The summed E-state index contributed by atoms with van der Waals surface area (Å²) in [5, 5.41) is 3.99. The molecule has 0 spiro atoms. The molecule has 2 aromatic rings. The molecule has 1 aromatic heterocycles. The molecule has 0 bridgehead atoms. The molecule has 4 nitrogen and oxygen atoms in total. The van der Waals surface area contributed by atoms with Crippen LogP contribution in [0.5, 0.6) is 5.75 Å². The second-order valence-electron chi connectivity index (χ2n) is 3.41. The Morgan fingerprint density at radius 3 is 2.62 bits per heavy atom. The molecule has 2 rings (SSSR count). The van der Waals surface area contributed by atoms with Gasteiger partial charge in [0.05, 0.1) is 17.6 Å². The molecule has 0 saturated carbocycles. The molecule has 1 heterocycles. The largest absolute Gasteiger partial charge is 0.487 e. The van der Waals surface area contributed by atoms with Crippen LogP contribution in [0, 0.1) is 5.82 Å². The molecule has 0 radical (unpaired) electrons. The maximum atomic E-state index is 12.6. The Kier molecular flexibility index (Phi) is 2.76. The minimum atomic E-state index is -0.285. The van der Waals surface area contributed by atoms with Crippen molar-refractivity contribution in [1.29, 1.82) is 0 Å². The predicted octanol–water partition coefficient (Wildman–Crippen LogP) is 1.72. The number of hydrogen-bond acceptors (Lipinski definition) is 3. The van der Waals surface area contributed by atoms with Gasteiger partial charge in [-0.15, -0.1) is 0 Å². The third-order valence-corrected chi connectivity index (χ3v) is 2.28. The molecule has 0 atom stereocenters. The van der Waals surface area contributed by atoms with Crippen molar-refractivity contribution in [3.63, 3.8) is 0 Å². The summed E-state index contributed by atoms with van der Waals surface area (Å²) in [5.41, 5.74) is 7.09. The topological polar surface area (TPSA) is 53.1 Å². The quantitative estimate of drug-likeness (QED) is 0.858. The Morgan fingerprint density at radius 1 is 1.38 bits per heavy atom. The number of ether oxygens (including phenoxy) is 1. The lowest BCUT2D eigenvalue weighted by Gasteiger charge is -2.07. The van der Waals surface area contributed by atoms with Gasteiger partial charge in [-0.2, -0.15) is 5.10 Å². The summed E-state index contributed by atoms with van der Waals surface area (Å²) in [5.74, 6) is 0.314. The van der Waals surface area contributed by atoms with E-state index in [1.54, 1.807) is 30.1 Å². The standard InChI is InChI=1S/C11H12FN3O/c1-15-11(10(13)6-14-15)7-16-9-4-2-8(12)3-5-9/h2-6H,7,13H2,1H3. The molecule has 0 saturated heterocycles. The molecule has 0 aliphatic carbocycles. The number of hydrogen-bond donors (Lipinski definition) is 1. The van der Waals surface area contributed by atoms with Crippen LogP contribution in [-0.2, 0) is 13.7 Å². The fraction of sp³-hybridized carbons (Fsp3) is 0.182. The zero-order valence-corrected chi connectivity index (χ0v) is 8.85. The van der Waals surface area contributed by atoms with Gasteiger partial charge in [-0.25, -0.2) is 4.39 Å². The van der Waals surface area contributed by atoms with Crippen LogP contribution in [0.15, 0.2) is 30.5 Å².